The van der Waals surface area contributed by atoms with Gasteiger partial charge in [-0.15, -0.1) is 0 Å². The number of aliphatic hydroxyl groups is 4. The van der Waals surface area contributed by atoms with Gasteiger partial charge in [-0.05, 0) is 4.67 Å². The second kappa shape index (κ2) is 4.05. The molecule has 1 atom stereocenters. The Morgan fingerprint density at radius 2 is 1.91 bits per heavy atom. The predicted molar refractivity (Wildman–Crippen MR) is 32.1 cm³/mol. The van der Waals surface area contributed by atoms with Crippen LogP contribution in [0, 0.1) is 0 Å². The summed E-state index contributed by atoms with van der Waals surface area (Å²) >= 11 is 0. The van der Waals surface area contributed by atoms with Crippen LogP contribution < -0.4 is 4.89 Å². The fourth-order valence-corrected chi connectivity index (χ4v) is 0.795. The van der Waals surface area contributed by atoms with Gasteiger partial charge < -0.3 is 25.3 Å². The second-order valence-corrected chi connectivity index (χ2v) is 2.80. The first-order chi connectivity index (χ1) is 4.93. The summed E-state index contributed by atoms with van der Waals surface area (Å²) in [6.07, 6.45) is 0. The van der Waals surface area contributed by atoms with E-state index < -0.39 is 25.9 Å². The Bertz CT molecular complexity index is 158. The highest BCUT2D eigenvalue weighted by Crippen LogP contribution is 2.17. The molecule has 8 heteroatoms. The summed E-state index contributed by atoms with van der Waals surface area (Å²) in [5.41, 5.74) is 0. The van der Waals surface area contributed by atoms with Crippen LogP contribution in [0.4, 0.5) is 0 Å². The van der Waals surface area contributed by atoms with Crippen molar-refractivity contribution >= 4 is 13.3 Å². The molecule has 5 N–H and O–H groups in total. The monoisotopic (exact) mass is 186 g/mol. The third-order valence-electron chi connectivity index (χ3n) is 0.831. The van der Waals surface area contributed by atoms with E-state index in [2.05, 4.69) is 4.67 Å². The molecule has 0 radical (unpaired) electrons. The maximum Gasteiger partial charge on any atom is 0.346 e. The third kappa shape index (κ3) is 3.19. The lowest BCUT2D eigenvalue weighted by Crippen LogP contribution is -2.40. The van der Waals surface area contributed by atoms with E-state index >= 15 is 0 Å². The summed E-state index contributed by atoms with van der Waals surface area (Å²) in [5, 5.41) is 39.9. The molecule has 0 saturated heterocycles. The molecular formula is C3H7O7P. The fourth-order valence-electron chi connectivity index (χ4n) is 0.336. The van der Waals surface area contributed by atoms with Crippen molar-refractivity contribution in [1.82, 2.24) is 0 Å². The Morgan fingerprint density at radius 1 is 1.45 bits per heavy atom. The second-order valence-electron chi connectivity index (χ2n) is 1.58. The first-order valence-corrected chi connectivity index (χ1v) is 3.54. The van der Waals surface area contributed by atoms with E-state index in [0.717, 1.165) is 0 Å². The molecule has 11 heavy (non-hydrogen) atoms. The highest BCUT2D eigenvalue weighted by atomic mass is 31.1. The van der Waals surface area contributed by atoms with Crippen LogP contribution in [0.1, 0.15) is 0 Å². The van der Waals surface area contributed by atoms with Crippen LogP contribution in [0.25, 0.3) is 0 Å². The van der Waals surface area contributed by atoms with Gasteiger partial charge in [0.15, 0.2) is 0 Å². The molecule has 7 nitrogen and oxygen atoms in total. The topological polar surface area (TPSA) is 133 Å². The molecule has 0 aliphatic heterocycles. The van der Waals surface area contributed by atoms with Crippen LogP contribution in [0.3, 0.4) is 0 Å². The summed E-state index contributed by atoms with van der Waals surface area (Å²) < 4.78 is 3.16. The summed E-state index contributed by atoms with van der Waals surface area (Å²) in [7, 11) is -3.01. The Balaban J connectivity index is 4.66. The number of hydrogen-bond acceptors (Lipinski definition) is 7. The minimum Gasteiger partial charge on any atom is -0.600 e. The fraction of sp³-hybridized carbons (Fsp3) is 0.667. The van der Waals surface area contributed by atoms with Crippen molar-refractivity contribution in [2.75, 3.05) is 6.61 Å². The Hall–Kier alpha value is -0.110. The van der Waals surface area contributed by atoms with E-state index in [9.17, 15) is 4.89 Å². The van der Waals surface area contributed by atoms with Crippen LogP contribution in [-0.4, -0.2) is 43.6 Å². The van der Waals surface area contributed by atoms with Crippen molar-refractivity contribution in [1.29, 1.82) is 0 Å². The molecule has 0 heterocycles. The van der Waals surface area contributed by atoms with Gasteiger partial charge in [0.25, 0.3) is 8.00 Å². The number of aliphatic hydroxyl groups excluding tert-OH is 1. The molecule has 1 unspecified atom stereocenters. The minimum absolute atomic E-state index is 1.03. The molecule has 0 spiro atoms. The van der Waals surface area contributed by atoms with Crippen molar-refractivity contribution in [2.24, 2.45) is 0 Å². The number of rotatable bonds is 3. The van der Waals surface area contributed by atoms with E-state index in [1.54, 1.807) is 0 Å². The predicted octanol–water partition coefficient (Wildman–Crippen LogP) is -3.06. The van der Waals surface area contributed by atoms with Crippen LogP contribution >= 0.6 is 8.00 Å². The van der Waals surface area contributed by atoms with Crippen molar-refractivity contribution in [2.45, 2.75) is 5.97 Å². The van der Waals surface area contributed by atoms with Gasteiger partial charge in [0.1, 0.15) is 6.61 Å². The van der Waals surface area contributed by atoms with Gasteiger partial charge in [0, 0.05) is 0 Å². The maximum absolute atomic E-state index is 10.4. The molecule has 0 bridgehead atoms. The number of hydrogen-bond donors (Lipinski definition) is 5. The highest BCUT2D eigenvalue weighted by Gasteiger charge is 2.34. The van der Waals surface area contributed by atoms with Crippen LogP contribution in [0.2, 0.25) is 0 Å². The van der Waals surface area contributed by atoms with Crippen molar-refractivity contribution in [3.63, 3.8) is 0 Å². The van der Waals surface area contributed by atoms with Crippen molar-refractivity contribution in [3.8, 4) is 0 Å². The van der Waals surface area contributed by atoms with E-state index in [1.165, 1.54) is 0 Å². The summed E-state index contributed by atoms with van der Waals surface area (Å²) in [6, 6.07) is 0. The lowest BCUT2D eigenvalue weighted by atomic mass is 10.4. The molecule has 0 aromatic carbocycles. The molecule has 0 aliphatic carbocycles. The quantitative estimate of drug-likeness (QED) is 0.137. The van der Waals surface area contributed by atoms with Crippen LogP contribution in [0.5, 0.6) is 0 Å². The van der Waals surface area contributed by atoms with Gasteiger partial charge in [-0.2, -0.15) is 0 Å². The molecular weight excluding hydrogens is 179 g/mol. The molecule has 0 saturated carbocycles. The molecule has 0 aromatic rings. The van der Waals surface area contributed by atoms with E-state index in [1.807, 2.05) is 0 Å². The van der Waals surface area contributed by atoms with Gasteiger partial charge in [0.05, 0.1) is 0 Å². The Kier molecular flexibility index (Phi) is 4.01. The molecule has 0 amide bonds. The molecule has 0 rings (SSSR count). The zero-order chi connectivity index (χ0) is 9.07. The summed E-state index contributed by atoms with van der Waals surface area (Å²) in [5.74, 6) is -3.41. The smallest absolute Gasteiger partial charge is 0.346 e. The van der Waals surface area contributed by atoms with Gasteiger partial charge in [-0.1, -0.05) is 0 Å². The standard InChI is InChI=1S/C3H7O7P/c4-1-2(3(5,6)7)11(9)10-8/h4-8H,1H2. The third-order valence-corrected chi connectivity index (χ3v) is 1.86. The van der Waals surface area contributed by atoms with E-state index in [-0.39, 0.29) is 0 Å². The van der Waals surface area contributed by atoms with Crippen molar-refractivity contribution in [3.05, 3.63) is 0 Å². The van der Waals surface area contributed by atoms with Gasteiger partial charge in [-0.3, -0.25) is 0 Å². The van der Waals surface area contributed by atoms with Gasteiger partial charge in [-0.25, -0.2) is 5.26 Å². The van der Waals surface area contributed by atoms with Crippen LogP contribution in [0.15, 0.2) is 0 Å². The van der Waals surface area contributed by atoms with Crippen molar-refractivity contribution < 1.29 is 35.3 Å². The lowest BCUT2D eigenvalue weighted by molar-refractivity contribution is -0.261. The summed E-state index contributed by atoms with van der Waals surface area (Å²) in [6.45, 7) is -1.08. The summed E-state index contributed by atoms with van der Waals surface area (Å²) in [4.78, 5) is 10.4. The first-order valence-electron chi connectivity index (χ1n) is 2.36. The van der Waals surface area contributed by atoms with Crippen LogP contribution in [-0.2, 0) is 4.67 Å². The normalized spacial score (nSPS) is 14.7. The minimum atomic E-state index is -3.41. The lowest BCUT2D eigenvalue weighted by Gasteiger charge is -2.11. The SMILES string of the molecule is [O-]/[P+](OO)=C(/CO)C(O)(O)O. The first kappa shape index (κ1) is 10.9. The average Bonchev–Trinajstić information content (AvgIpc) is 1.86. The zero-order valence-electron chi connectivity index (χ0n) is 5.21. The van der Waals surface area contributed by atoms with Gasteiger partial charge in [0.2, 0.25) is 5.29 Å². The zero-order valence-corrected chi connectivity index (χ0v) is 6.10. The highest BCUT2D eigenvalue weighted by molar-refractivity contribution is 7.46. The molecule has 0 fully saturated rings. The Morgan fingerprint density at radius 3 is 2.00 bits per heavy atom. The largest absolute Gasteiger partial charge is 0.600 e. The molecule has 0 aromatic heterocycles. The van der Waals surface area contributed by atoms with E-state index in [0.29, 0.717) is 0 Å². The molecule has 66 valence electrons. The maximum atomic E-state index is 10.4. The Labute approximate surface area is 62.2 Å². The average molecular weight is 186 g/mol. The van der Waals surface area contributed by atoms with Gasteiger partial charge >= 0.3 is 5.97 Å². The van der Waals surface area contributed by atoms with E-state index in [4.69, 9.17) is 25.7 Å². The molecule has 0 aliphatic rings.